The normalized spacial score (nSPS) is 17.9. The number of carbonyl (C=O) groups is 1. The molecule has 140 valence electrons. The lowest BCUT2D eigenvalue weighted by Gasteiger charge is -2.16. The van der Waals surface area contributed by atoms with Crippen molar-refractivity contribution in [2.45, 2.75) is 77.7 Å². The third-order valence-electron chi connectivity index (χ3n) is 5.33. The number of hydrogen-bond acceptors (Lipinski definition) is 2. The van der Waals surface area contributed by atoms with Crippen LogP contribution in [0.2, 0.25) is 0 Å². The monoisotopic (exact) mass is 345 g/mol. The molecule has 3 heteroatoms. The molecule has 2 rings (SSSR count). The van der Waals surface area contributed by atoms with Crippen molar-refractivity contribution in [2.75, 3.05) is 13.1 Å². The maximum absolute atomic E-state index is 10.8. The van der Waals surface area contributed by atoms with Crippen LogP contribution in [0.15, 0.2) is 24.3 Å². The Kier molecular flexibility index (Phi) is 9.03. The molecule has 0 amide bonds. The molecule has 0 radical (unpaired) electrons. The highest BCUT2D eigenvalue weighted by atomic mass is 16.4. The number of benzene rings is 1. The maximum Gasteiger partial charge on any atom is 0.303 e. The number of hydrogen-bond donors (Lipinski definition) is 1. The van der Waals surface area contributed by atoms with E-state index in [2.05, 4.69) is 36.1 Å². The molecule has 1 N–H and O–H groups in total. The summed E-state index contributed by atoms with van der Waals surface area (Å²) >= 11 is 0. The number of aliphatic carboxylic acids is 1. The van der Waals surface area contributed by atoms with Crippen molar-refractivity contribution in [2.24, 2.45) is 5.92 Å². The molecule has 1 aliphatic heterocycles. The van der Waals surface area contributed by atoms with Crippen LogP contribution in [0.25, 0.3) is 0 Å². The first kappa shape index (κ1) is 20.0. The topological polar surface area (TPSA) is 40.5 Å². The summed E-state index contributed by atoms with van der Waals surface area (Å²) < 4.78 is 0. The second-order valence-corrected chi connectivity index (χ2v) is 7.68. The molecule has 1 saturated heterocycles. The van der Waals surface area contributed by atoms with Gasteiger partial charge >= 0.3 is 5.97 Å². The highest BCUT2D eigenvalue weighted by Gasteiger charge is 2.24. The maximum atomic E-state index is 10.8. The van der Waals surface area contributed by atoms with Gasteiger partial charge in [0.25, 0.3) is 0 Å². The van der Waals surface area contributed by atoms with Crippen LogP contribution in [0.4, 0.5) is 0 Å². The molecule has 1 aromatic carbocycles. The molecule has 1 fully saturated rings. The van der Waals surface area contributed by atoms with Crippen molar-refractivity contribution in [3.63, 3.8) is 0 Å². The third kappa shape index (κ3) is 8.04. The van der Waals surface area contributed by atoms with E-state index in [9.17, 15) is 4.79 Å². The quantitative estimate of drug-likeness (QED) is 0.524. The van der Waals surface area contributed by atoms with Crippen LogP contribution in [0.1, 0.15) is 75.8 Å². The molecule has 3 nitrogen and oxygen atoms in total. The average Bonchev–Trinajstić information content (AvgIpc) is 3.01. The number of carboxylic acids is 1. The van der Waals surface area contributed by atoms with Gasteiger partial charge in [-0.3, -0.25) is 9.69 Å². The third-order valence-corrected chi connectivity index (χ3v) is 5.33. The van der Waals surface area contributed by atoms with E-state index in [1.807, 2.05) is 0 Å². The predicted octanol–water partition coefficient (Wildman–Crippen LogP) is 5.28. The number of nitrogens with zero attached hydrogens (tertiary/aromatic N) is 1. The lowest BCUT2D eigenvalue weighted by Crippen LogP contribution is -2.20. The van der Waals surface area contributed by atoms with Crippen molar-refractivity contribution in [3.8, 4) is 0 Å². The van der Waals surface area contributed by atoms with Crippen molar-refractivity contribution in [3.05, 3.63) is 35.4 Å². The smallest absolute Gasteiger partial charge is 0.303 e. The highest BCUT2D eigenvalue weighted by Crippen LogP contribution is 2.21. The summed E-state index contributed by atoms with van der Waals surface area (Å²) in [7, 11) is 0. The Balaban J connectivity index is 1.62. The molecule has 1 aliphatic rings. The van der Waals surface area contributed by atoms with Crippen molar-refractivity contribution in [1.29, 1.82) is 0 Å². The van der Waals surface area contributed by atoms with Gasteiger partial charge in [0.05, 0.1) is 0 Å². The first-order valence-corrected chi connectivity index (χ1v) is 10.2. The number of unbranched alkanes of at least 4 members (excludes halogenated alkanes) is 6. The largest absolute Gasteiger partial charge is 0.481 e. The molecular formula is C22H35NO2. The Hall–Kier alpha value is -1.35. The highest BCUT2D eigenvalue weighted by molar-refractivity contribution is 5.67. The van der Waals surface area contributed by atoms with Crippen LogP contribution in [-0.2, 0) is 17.8 Å². The van der Waals surface area contributed by atoms with Crippen LogP contribution < -0.4 is 0 Å². The minimum Gasteiger partial charge on any atom is -0.481 e. The average molecular weight is 346 g/mol. The molecule has 0 spiro atoms. The summed E-state index contributed by atoms with van der Waals surface area (Å²) in [5.74, 6) is -0.337. The summed E-state index contributed by atoms with van der Waals surface area (Å²) in [5.41, 5.74) is 2.79. The Morgan fingerprint density at radius 1 is 1.04 bits per heavy atom. The van der Waals surface area contributed by atoms with Crippen molar-refractivity contribution < 1.29 is 9.90 Å². The molecule has 0 unspecified atom stereocenters. The number of carboxylic acid groups (broad SMARTS) is 1. The fourth-order valence-corrected chi connectivity index (χ4v) is 3.83. The standard InChI is InChI=1S/C22H35NO2/c1-2-3-4-5-6-7-8-9-19-10-12-20(13-11-19)17-23-15-14-21(18-23)16-22(24)25/h10-13,21H,2-9,14-18H2,1H3,(H,24,25)/t21-/m1/s1. The van der Waals surface area contributed by atoms with Gasteiger partial charge in [-0.05, 0) is 42.9 Å². The minimum atomic E-state index is -0.665. The van der Waals surface area contributed by atoms with Gasteiger partial charge in [0.1, 0.15) is 0 Å². The van der Waals surface area contributed by atoms with Gasteiger partial charge in [-0.25, -0.2) is 0 Å². The zero-order valence-electron chi connectivity index (χ0n) is 15.9. The van der Waals surface area contributed by atoms with E-state index >= 15 is 0 Å². The van der Waals surface area contributed by atoms with Gasteiger partial charge in [-0.1, -0.05) is 69.7 Å². The molecule has 0 aromatic heterocycles. The molecule has 1 atom stereocenters. The van der Waals surface area contributed by atoms with Gasteiger partial charge in [-0.15, -0.1) is 0 Å². The van der Waals surface area contributed by atoms with E-state index in [0.717, 1.165) is 26.1 Å². The van der Waals surface area contributed by atoms with Gasteiger partial charge in [-0.2, -0.15) is 0 Å². The molecule has 1 aromatic rings. The Morgan fingerprint density at radius 3 is 2.36 bits per heavy atom. The fourth-order valence-electron chi connectivity index (χ4n) is 3.83. The summed E-state index contributed by atoms with van der Waals surface area (Å²) in [6, 6.07) is 9.05. The summed E-state index contributed by atoms with van der Waals surface area (Å²) in [6.45, 7) is 5.17. The van der Waals surface area contributed by atoms with Crippen LogP contribution in [-0.4, -0.2) is 29.1 Å². The lowest BCUT2D eigenvalue weighted by molar-refractivity contribution is -0.138. The first-order valence-electron chi connectivity index (χ1n) is 10.2. The second-order valence-electron chi connectivity index (χ2n) is 7.68. The van der Waals surface area contributed by atoms with Gasteiger partial charge in [0.2, 0.25) is 0 Å². The van der Waals surface area contributed by atoms with E-state index in [-0.39, 0.29) is 0 Å². The fraction of sp³-hybridized carbons (Fsp3) is 0.682. The second kappa shape index (κ2) is 11.3. The van der Waals surface area contributed by atoms with Crippen LogP contribution >= 0.6 is 0 Å². The molecular weight excluding hydrogens is 310 g/mol. The molecule has 25 heavy (non-hydrogen) atoms. The van der Waals surface area contributed by atoms with Crippen LogP contribution in [0.3, 0.4) is 0 Å². The van der Waals surface area contributed by atoms with Crippen LogP contribution in [0, 0.1) is 5.92 Å². The number of likely N-dealkylation sites (tertiary alicyclic amines) is 1. The SMILES string of the molecule is CCCCCCCCCc1ccc(CN2CC[C@H](CC(=O)O)C2)cc1. The zero-order valence-corrected chi connectivity index (χ0v) is 15.9. The minimum absolute atomic E-state index is 0.313. The number of aryl methyl sites for hydroxylation is 1. The Bertz CT molecular complexity index is 497. The Labute approximate surface area is 153 Å². The van der Waals surface area contributed by atoms with E-state index in [4.69, 9.17) is 5.11 Å². The van der Waals surface area contributed by atoms with Crippen molar-refractivity contribution in [1.82, 2.24) is 4.90 Å². The summed E-state index contributed by atoms with van der Waals surface area (Å²) in [5, 5.41) is 8.90. The lowest BCUT2D eigenvalue weighted by atomic mass is 10.0. The summed E-state index contributed by atoms with van der Waals surface area (Å²) in [4.78, 5) is 13.2. The van der Waals surface area contributed by atoms with E-state index < -0.39 is 5.97 Å². The first-order chi connectivity index (χ1) is 12.2. The van der Waals surface area contributed by atoms with E-state index in [1.54, 1.807) is 0 Å². The van der Waals surface area contributed by atoms with Crippen LogP contribution in [0.5, 0.6) is 0 Å². The van der Waals surface area contributed by atoms with E-state index in [0.29, 0.717) is 12.3 Å². The van der Waals surface area contributed by atoms with Gasteiger partial charge in [0.15, 0.2) is 0 Å². The molecule has 0 bridgehead atoms. The summed E-state index contributed by atoms with van der Waals surface area (Å²) in [6.07, 6.45) is 12.1. The molecule has 0 aliphatic carbocycles. The van der Waals surface area contributed by atoms with Gasteiger partial charge < -0.3 is 5.11 Å². The predicted molar refractivity (Wildman–Crippen MR) is 104 cm³/mol. The molecule has 1 heterocycles. The molecule has 0 saturated carbocycles. The van der Waals surface area contributed by atoms with Gasteiger partial charge in [0, 0.05) is 19.5 Å². The van der Waals surface area contributed by atoms with Crippen molar-refractivity contribution >= 4 is 5.97 Å². The van der Waals surface area contributed by atoms with E-state index in [1.165, 1.54) is 62.5 Å². The Morgan fingerprint density at radius 2 is 1.68 bits per heavy atom. The number of rotatable bonds is 12. The zero-order chi connectivity index (χ0) is 17.9.